The third-order valence-electron chi connectivity index (χ3n) is 4.44. The van der Waals surface area contributed by atoms with Gasteiger partial charge in [-0.05, 0) is 36.4 Å². The van der Waals surface area contributed by atoms with E-state index in [9.17, 15) is 16.8 Å². The lowest BCUT2D eigenvalue weighted by atomic mass is 10.1. The van der Waals surface area contributed by atoms with Crippen molar-refractivity contribution in [1.82, 2.24) is 0 Å². The quantitative estimate of drug-likeness (QED) is 0.465. The van der Waals surface area contributed by atoms with E-state index in [-0.39, 0.29) is 17.2 Å². The van der Waals surface area contributed by atoms with Crippen molar-refractivity contribution in [2.75, 3.05) is 15.2 Å². The molecule has 0 aromatic heterocycles. The minimum absolute atomic E-state index is 0.0506. The van der Waals surface area contributed by atoms with Crippen LogP contribution in [0.2, 0.25) is 0 Å². The zero-order chi connectivity index (χ0) is 21.8. The lowest BCUT2D eigenvalue weighted by molar-refractivity contribution is 0.488. The molecular weight excluding hydrogens is 422 g/mol. The van der Waals surface area contributed by atoms with E-state index in [1.807, 2.05) is 42.5 Å². The van der Waals surface area contributed by atoms with Crippen molar-refractivity contribution in [1.29, 1.82) is 0 Å². The van der Waals surface area contributed by atoms with E-state index in [0.717, 1.165) is 10.8 Å². The van der Waals surface area contributed by atoms with Gasteiger partial charge in [-0.2, -0.15) is 3.71 Å². The molecule has 3 rings (SSSR count). The Bertz CT molecular complexity index is 1200. The predicted molar refractivity (Wildman–Crippen MR) is 121 cm³/mol. The largest absolute Gasteiger partial charge is 0.457 e. The zero-order valence-electron chi connectivity index (χ0n) is 17.0. The van der Waals surface area contributed by atoms with Gasteiger partial charge in [-0.25, -0.2) is 16.8 Å². The molecule has 0 aliphatic rings. The highest BCUT2D eigenvalue weighted by atomic mass is 32.3. The number of hydrogen-bond donors (Lipinski definition) is 0. The summed E-state index contributed by atoms with van der Waals surface area (Å²) < 4.78 is 57.8. The van der Waals surface area contributed by atoms with Crippen LogP contribution in [0.25, 0.3) is 10.8 Å². The SMILES string of the molecule is CCCS(=O)(=O)N(c1cccc(Oc2cccc3ccccc23)c1)S(=O)(=O)CCC. The summed E-state index contributed by atoms with van der Waals surface area (Å²) in [4.78, 5) is 0. The van der Waals surface area contributed by atoms with E-state index in [1.54, 1.807) is 26.0 Å². The number of rotatable bonds is 9. The Balaban J connectivity index is 2.05. The van der Waals surface area contributed by atoms with Gasteiger partial charge in [0.05, 0.1) is 17.2 Å². The Morgan fingerprint density at radius 2 is 1.37 bits per heavy atom. The van der Waals surface area contributed by atoms with Crippen LogP contribution >= 0.6 is 0 Å². The summed E-state index contributed by atoms with van der Waals surface area (Å²) in [6.07, 6.45) is 0.624. The first kappa shape index (κ1) is 22.1. The summed E-state index contributed by atoms with van der Waals surface area (Å²) in [7, 11) is -8.08. The van der Waals surface area contributed by atoms with Crippen molar-refractivity contribution < 1.29 is 21.6 Å². The molecule has 3 aromatic rings. The number of fused-ring (bicyclic) bond motifs is 1. The maximum Gasteiger partial charge on any atom is 0.248 e. The van der Waals surface area contributed by atoms with Crippen molar-refractivity contribution in [3.63, 3.8) is 0 Å². The maximum atomic E-state index is 12.8. The zero-order valence-corrected chi connectivity index (χ0v) is 18.6. The summed E-state index contributed by atoms with van der Waals surface area (Å²) in [6.45, 7) is 3.39. The molecule has 0 aliphatic heterocycles. The molecule has 0 unspecified atom stereocenters. The molecule has 0 radical (unpaired) electrons. The van der Waals surface area contributed by atoms with Crippen LogP contribution in [0.3, 0.4) is 0 Å². The van der Waals surface area contributed by atoms with Gasteiger partial charge in [-0.1, -0.05) is 56.3 Å². The average Bonchev–Trinajstić information content (AvgIpc) is 2.68. The minimum atomic E-state index is -4.04. The number of benzene rings is 3. The first-order valence-corrected chi connectivity index (χ1v) is 13.0. The Hall–Kier alpha value is -2.58. The van der Waals surface area contributed by atoms with Crippen LogP contribution in [0, 0.1) is 0 Å². The van der Waals surface area contributed by atoms with Gasteiger partial charge < -0.3 is 4.74 Å². The van der Waals surface area contributed by atoms with E-state index in [1.165, 1.54) is 12.1 Å². The Labute approximate surface area is 178 Å². The van der Waals surface area contributed by atoms with Gasteiger partial charge in [0, 0.05) is 11.5 Å². The molecule has 0 heterocycles. The van der Waals surface area contributed by atoms with E-state index < -0.39 is 20.0 Å². The highest BCUT2D eigenvalue weighted by Crippen LogP contribution is 2.33. The molecule has 30 heavy (non-hydrogen) atoms. The minimum Gasteiger partial charge on any atom is -0.457 e. The van der Waals surface area contributed by atoms with Gasteiger partial charge in [-0.3, -0.25) is 0 Å². The number of sulfonamides is 2. The van der Waals surface area contributed by atoms with Crippen molar-refractivity contribution >= 4 is 36.5 Å². The second-order valence-corrected chi connectivity index (χ2v) is 11.0. The standard InChI is InChI=1S/C22H25NO5S2/c1-3-15-29(24,25)23(30(26,27)16-4-2)19-11-8-12-20(17-19)28-22-14-7-10-18-9-5-6-13-21(18)22/h5-14,17H,3-4,15-16H2,1-2H3. The highest BCUT2D eigenvalue weighted by molar-refractivity contribution is 8.10. The summed E-state index contributed by atoms with van der Waals surface area (Å²) >= 11 is 0. The molecule has 0 saturated carbocycles. The number of hydrogen-bond acceptors (Lipinski definition) is 5. The fourth-order valence-electron chi connectivity index (χ4n) is 3.25. The second kappa shape index (κ2) is 9.06. The van der Waals surface area contributed by atoms with Gasteiger partial charge in [0.2, 0.25) is 20.0 Å². The van der Waals surface area contributed by atoms with Crippen LogP contribution in [0.4, 0.5) is 5.69 Å². The first-order valence-electron chi connectivity index (χ1n) is 9.80. The summed E-state index contributed by atoms with van der Waals surface area (Å²) in [5.74, 6) is 0.436. The van der Waals surface area contributed by atoms with Crippen molar-refractivity contribution in [2.45, 2.75) is 26.7 Å². The molecule has 0 amide bonds. The molecule has 0 spiro atoms. The summed E-state index contributed by atoms with van der Waals surface area (Å²) in [5, 5.41) is 1.91. The lowest BCUT2D eigenvalue weighted by Crippen LogP contribution is -2.39. The molecule has 3 aromatic carbocycles. The predicted octanol–water partition coefficient (Wildman–Crippen LogP) is 4.92. The monoisotopic (exact) mass is 447 g/mol. The Morgan fingerprint density at radius 1 is 0.767 bits per heavy atom. The van der Waals surface area contributed by atoms with Gasteiger partial charge in [0.15, 0.2) is 0 Å². The van der Waals surface area contributed by atoms with Crippen LogP contribution in [-0.4, -0.2) is 28.3 Å². The van der Waals surface area contributed by atoms with E-state index >= 15 is 0 Å². The van der Waals surface area contributed by atoms with Crippen LogP contribution in [0.5, 0.6) is 11.5 Å². The van der Waals surface area contributed by atoms with Gasteiger partial charge in [-0.15, -0.1) is 0 Å². The van der Waals surface area contributed by atoms with Crippen LogP contribution in [-0.2, 0) is 20.0 Å². The lowest BCUT2D eigenvalue weighted by Gasteiger charge is -2.24. The molecule has 0 atom stereocenters. The normalized spacial score (nSPS) is 12.1. The second-order valence-electron chi connectivity index (χ2n) is 6.91. The molecule has 0 fully saturated rings. The Kier molecular flexibility index (Phi) is 6.67. The summed E-state index contributed by atoms with van der Waals surface area (Å²) in [5.41, 5.74) is 0.0506. The maximum absolute atomic E-state index is 12.8. The van der Waals surface area contributed by atoms with Crippen LogP contribution in [0.15, 0.2) is 66.7 Å². The molecule has 0 N–H and O–H groups in total. The molecule has 0 aliphatic carbocycles. The van der Waals surface area contributed by atoms with Crippen molar-refractivity contribution in [2.24, 2.45) is 0 Å². The molecule has 8 heteroatoms. The van der Waals surface area contributed by atoms with Gasteiger partial charge in [0.25, 0.3) is 0 Å². The number of ether oxygens (including phenoxy) is 1. The van der Waals surface area contributed by atoms with E-state index in [2.05, 4.69) is 0 Å². The third kappa shape index (κ3) is 4.76. The average molecular weight is 448 g/mol. The van der Waals surface area contributed by atoms with E-state index in [4.69, 9.17) is 4.74 Å². The van der Waals surface area contributed by atoms with Crippen LogP contribution < -0.4 is 8.45 Å². The molecule has 6 nitrogen and oxygen atoms in total. The topological polar surface area (TPSA) is 80.8 Å². The van der Waals surface area contributed by atoms with Crippen LogP contribution in [0.1, 0.15) is 26.7 Å². The fourth-order valence-corrected chi connectivity index (χ4v) is 7.31. The van der Waals surface area contributed by atoms with Crippen molar-refractivity contribution in [3.05, 3.63) is 66.7 Å². The summed E-state index contributed by atoms with van der Waals surface area (Å²) in [6, 6.07) is 19.6. The van der Waals surface area contributed by atoms with Crippen molar-refractivity contribution in [3.8, 4) is 11.5 Å². The third-order valence-corrected chi connectivity index (χ3v) is 9.08. The Morgan fingerprint density at radius 3 is 2.03 bits per heavy atom. The number of nitrogens with zero attached hydrogens (tertiary/aromatic N) is 1. The smallest absolute Gasteiger partial charge is 0.248 e. The molecule has 0 bridgehead atoms. The highest BCUT2D eigenvalue weighted by Gasteiger charge is 2.33. The molecule has 0 saturated heterocycles. The first-order chi connectivity index (χ1) is 14.3. The fraction of sp³-hybridized carbons (Fsp3) is 0.273. The van der Waals surface area contributed by atoms with E-state index in [0.29, 0.717) is 28.1 Å². The van der Waals surface area contributed by atoms with Gasteiger partial charge in [0.1, 0.15) is 11.5 Å². The number of anilines is 1. The molecule has 160 valence electrons. The van der Waals surface area contributed by atoms with Gasteiger partial charge >= 0.3 is 0 Å². The molecular formula is C22H25NO5S2.